The van der Waals surface area contributed by atoms with Crippen LogP contribution in [0.15, 0.2) is 53.6 Å². The van der Waals surface area contributed by atoms with Gasteiger partial charge in [-0.25, -0.2) is 9.82 Å². The van der Waals surface area contributed by atoms with Crippen molar-refractivity contribution in [3.05, 3.63) is 76.9 Å². The number of ether oxygens (including phenoxy) is 2. The molecule has 1 heterocycles. The number of hydrogen-bond acceptors (Lipinski definition) is 4. The third kappa shape index (κ3) is 4.13. The van der Waals surface area contributed by atoms with Crippen molar-refractivity contribution in [1.29, 1.82) is 0 Å². The number of halogens is 1. The number of hydrazone groups is 1. The zero-order valence-corrected chi connectivity index (χ0v) is 16.7. The number of nitrogens with one attached hydrogen (secondary N) is 1. The fourth-order valence-corrected chi connectivity index (χ4v) is 3.12. The average molecular weight is 395 g/mol. The molecule has 0 bridgehead atoms. The van der Waals surface area contributed by atoms with E-state index < -0.39 is 0 Å². The number of para-hydroxylation sites is 1. The number of aromatic nitrogens is 1. The number of hydrogen-bond donors (Lipinski definition) is 1. The number of carbonyl (C=O) groups excluding carboxylic acids is 1. The van der Waals surface area contributed by atoms with Gasteiger partial charge in [-0.2, -0.15) is 5.10 Å². The average Bonchev–Trinajstić information content (AvgIpc) is 3.01. The Balaban J connectivity index is 1.78. The lowest BCUT2D eigenvalue weighted by Crippen LogP contribution is -2.17. The normalized spacial score (nSPS) is 10.9. The predicted molar refractivity (Wildman–Crippen MR) is 110 cm³/mol. The molecule has 0 aliphatic heterocycles. The van der Waals surface area contributed by atoms with Crippen LogP contribution in [-0.2, 0) is 0 Å². The van der Waals surface area contributed by atoms with E-state index in [0.717, 1.165) is 17.0 Å². The molecule has 0 atom stereocenters. The van der Waals surface area contributed by atoms with Crippen molar-refractivity contribution in [2.75, 3.05) is 14.2 Å². The number of carbonyl (C=O) groups is 1. The van der Waals surface area contributed by atoms with Crippen molar-refractivity contribution in [2.45, 2.75) is 13.8 Å². The maximum atomic E-state index is 14.2. The lowest BCUT2D eigenvalue weighted by molar-refractivity contribution is 0.0954. The quantitative estimate of drug-likeness (QED) is 0.507. The van der Waals surface area contributed by atoms with Gasteiger partial charge in [-0.05, 0) is 50.2 Å². The van der Waals surface area contributed by atoms with E-state index in [9.17, 15) is 9.18 Å². The van der Waals surface area contributed by atoms with Gasteiger partial charge in [-0.15, -0.1) is 0 Å². The third-order valence-electron chi connectivity index (χ3n) is 4.58. The Morgan fingerprint density at radius 3 is 2.48 bits per heavy atom. The third-order valence-corrected chi connectivity index (χ3v) is 4.58. The summed E-state index contributed by atoms with van der Waals surface area (Å²) in [6.07, 6.45) is 1.54. The first kappa shape index (κ1) is 20.1. The smallest absolute Gasteiger partial charge is 0.271 e. The Bertz CT molecular complexity index is 1070. The standard InChI is InChI=1S/C22H22FN3O3/c1-14-11-17(15(2)26(14)19-8-6-5-7-18(19)23)13-24-25-22(27)16-9-10-20(28-3)21(12-16)29-4/h5-13H,1-4H3,(H,25,27)/b24-13+. The number of benzene rings is 2. The van der Waals surface area contributed by atoms with Gasteiger partial charge in [0.05, 0.1) is 26.1 Å². The summed E-state index contributed by atoms with van der Waals surface area (Å²) in [5.74, 6) is 0.301. The molecule has 6 nitrogen and oxygen atoms in total. The minimum Gasteiger partial charge on any atom is -0.493 e. The largest absolute Gasteiger partial charge is 0.493 e. The number of methoxy groups -OCH3 is 2. The van der Waals surface area contributed by atoms with Crippen molar-refractivity contribution in [2.24, 2.45) is 5.10 Å². The molecule has 0 aliphatic carbocycles. The van der Waals surface area contributed by atoms with Crippen molar-refractivity contribution in [3.63, 3.8) is 0 Å². The fraction of sp³-hybridized carbons (Fsp3) is 0.182. The molecule has 0 fully saturated rings. The summed E-state index contributed by atoms with van der Waals surface area (Å²) in [7, 11) is 3.03. The second-order valence-electron chi connectivity index (χ2n) is 6.38. The number of amides is 1. The molecule has 0 radical (unpaired) electrons. The summed E-state index contributed by atoms with van der Waals surface area (Å²) in [5.41, 5.74) is 5.80. The van der Waals surface area contributed by atoms with Crippen LogP contribution >= 0.6 is 0 Å². The molecular weight excluding hydrogens is 373 g/mol. The first-order chi connectivity index (χ1) is 14.0. The van der Waals surface area contributed by atoms with E-state index in [1.54, 1.807) is 42.6 Å². The van der Waals surface area contributed by atoms with E-state index >= 15 is 0 Å². The van der Waals surface area contributed by atoms with Gasteiger partial charge >= 0.3 is 0 Å². The van der Waals surface area contributed by atoms with Crippen molar-refractivity contribution in [3.8, 4) is 17.2 Å². The zero-order chi connectivity index (χ0) is 21.0. The van der Waals surface area contributed by atoms with Crippen LogP contribution in [0.4, 0.5) is 4.39 Å². The van der Waals surface area contributed by atoms with Crippen LogP contribution in [0.5, 0.6) is 11.5 Å². The van der Waals surface area contributed by atoms with Gasteiger partial charge in [0.15, 0.2) is 11.5 Å². The Labute approximate surface area is 168 Å². The Morgan fingerprint density at radius 2 is 1.79 bits per heavy atom. The summed E-state index contributed by atoms with van der Waals surface area (Å²) in [6, 6.07) is 13.3. The Hall–Kier alpha value is -3.61. The van der Waals surface area contributed by atoms with Crippen LogP contribution in [0.3, 0.4) is 0 Å². The molecule has 3 aromatic rings. The highest BCUT2D eigenvalue weighted by molar-refractivity contribution is 5.95. The molecular formula is C22H22FN3O3. The molecule has 1 aromatic heterocycles. The van der Waals surface area contributed by atoms with E-state index in [1.165, 1.54) is 20.3 Å². The minimum absolute atomic E-state index is 0.306. The summed E-state index contributed by atoms with van der Waals surface area (Å²) in [4.78, 5) is 12.3. The van der Waals surface area contributed by atoms with Crippen LogP contribution in [-0.4, -0.2) is 30.9 Å². The van der Waals surface area contributed by atoms with Gasteiger partial charge in [0.25, 0.3) is 5.91 Å². The lowest BCUT2D eigenvalue weighted by Gasteiger charge is -2.10. The monoisotopic (exact) mass is 395 g/mol. The highest BCUT2D eigenvalue weighted by Crippen LogP contribution is 2.27. The molecule has 0 aliphatic rings. The lowest BCUT2D eigenvalue weighted by atomic mass is 10.2. The summed E-state index contributed by atoms with van der Waals surface area (Å²) >= 11 is 0. The summed E-state index contributed by atoms with van der Waals surface area (Å²) in [6.45, 7) is 3.76. The molecule has 150 valence electrons. The van der Waals surface area contributed by atoms with Gasteiger partial charge in [-0.1, -0.05) is 12.1 Å². The van der Waals surface area contributed by atoms with Gasteiger partial charge in [0, 0.05) is 22.5 Å². The molecule has 1 amide bonds. The van der Waals surface area contributed by atoms with Gasteiger partial charge in [0.2, 0.25) is 0 Å². The maximum Gasteiger partial charge on any atom is 0.271 e. The Kier molecular flexibility index (Phi) is 5.97. The van der Waals surface area contributed by atoms with Crippen LogP contribution in [0.25, 0.3) is 5.69 Å². The van der Waals surface area contributed by atoms with E-state index in [4.69, 9.17) is 9.47 Å². The topological polar surface area (TPSA) is 64.8 Å². The SMILES string of the molecule is COc1ccc(C(=O)N/N=C/c2cc(C)n(-c3ccccc3F)c2C)cc1OC. The molecule has 0 spiro atoms. The van der Waals surface area contributed by atoms with E-state index in [0.29, 0.717) is 22.7 Å². The maximum absolute atomic E-state index is 14.2. The predicted octanol–water partition coefficient (Wildman–Crippen LogP) is 4.01. The highest BCUT2D eigenvalue weighted by Gasteiger charge is 2.13. The molecule has 7 heteroatoms. The van der Waals surface area contributed by atoms with E-state index in [1.807, 2.05) is 24.5 Å². The number of aryl methyl sites for hydroxylation is 1. The summed E-state index contributed by atoms with van der Waals surface area (Å²) in [5, 5.41) is 4.04. The van der Waals surface area contributed by atoms with Crippen LogP contribution < -0.4 is 14.9 Å². The highest BCUT2D eigenvalue weighted by atomic mass is 19.1. The minimum atomic E-state index is -0.384. The first-order valence-electron chi connectivity index (χ1n) is 8.95. The number of rotatable bonds is 6. The van der Waals surface area contributed by atoms with Gasteiger partial charge in [-0.3, -0.25) is 4.79 Å². The molecule has 0 saturated heterocycles. The molecule has 29 heavy (non-hydrogen) atoms. The van der Waals surface area contributed by atoms with Crippen molar-refractivity contribution < 1.29 is 18.7 Å². The first-order valence-corrected chi connectivity index (χ1v) is 8.95. The Morgan fingerprint density at radius 1 is 1.07 bits per heavy atom. The van der Waals surface area contributed by atoms with Gasteiger partial charge in [0.1, 0.15) is 5.82 Å². The molecule has 2 aromatic carbocycles. The zero-order valence-electron chi connectivity index (χ0n) is 16.7. The summed E-state index contributed by atoms with van der Waals surface area (Å²) < 4.78 is 26.4. The van der Waals surface area contributed by atoms with E-state index in [-0.39, 0.29) is 11.7 Å². The molecule has 0 saturated carbocycles. The molecule has 0 unspecified atom stereocenters. The van der Waals surface area contributed by atoms with Gasteiger partial charge < -0.3 is 14.0 Å². The fourth-order valence-electron chi connectivity index (χ4n) is 3.12. The van der Waals surface area contributed by atoms with E-state index in [2.05, 4.69) is 10.5 Å². The van der Waals surface area contributed by atoms with Crippen LogP contribution in [0.1, 0.15) is 27.3 Å². The van der Waals surface area contributed by atoms with Crippen LogP contribution in [0.2, 0.25) is 0 Å². The molecule has 3 rings (SSSR count). The van der Waals surface area contributed by atoms with Crippen molar-refractivity contribution >= 4 is 12.1 Å². The van der Waals surface area contributed by atoms with Crippen LogP contribution in [0, 0.1) is 19.7 Å². The second kappa shape index (κ2) is 8.60. The number of nitrogens with zero attached hydrogens (tertiary/aromatic N) is 2. The molecule has 1 N–H and O–H groups in total. The second-order valence-corrected chi connectivity index (χ2v) is 6.38. The van der Waals surface area contributed by atoms with Crippen molar-refractivity contribution in [1.82, 2.24) is 9.99 Å².